The predicted molar refractivity (Wildman–Crippen MR) is 83.9 cm³/mol. The maximum absolute atomic E-state index is 12.9. The van der Waals surface area contributed by atoms with E-state index in [1.807, 2.05) is 13.8 Å². The van der Waals surface area contributed by atoms with Gasteiger partial charge in [-0.3, -0.25) is 13.7 Å². The monoisotopic (exact) mass is 321 g/mol. The lowest BCUT2D eigenvalue weighted by Crippen LogP contribution is -2.49. The molecule has 118 valence electrons. The fourth-order valence-corrected chi connectivity index (χ4v) is 4.28. The third kappa shape index (κ3) is 2.61. The van der Waals surface area contributed by atoms with Crippen molar-refractivity contribution in [2.75, 3.05) is 13.1 Å². The van der Waals surface area contributed by atoms with E-state index in [2.05, 4.69) is 5.10 Å². The Hall–Kier alpha value is -1.89. The molecule has 0 aromatic carbocycles. The van der Waals surface area contributed by atoms with Crippen LogP contribution in [0.1, 0.15) is 24.2 Å². The van der Waals surface area contributed by atoms with Crippen molar-refractivity contribution in [1.82, 2.24) is 14.7 Å². The quantitative estimate of drug-likeness (QED) is 0.843. The van der Waals surface area contributed by atoms with Crippen LogP contribution in [0, 0.1) is 0 Å². The number of aromatic nitrogens is 2. The first-order valence-electron chi connectivity index (χ1n) is 7.22. The summed E-state index contributed by atoms with van der Waals surface area (Å²) in [4.78, 5) is 14.6. The van der Waals surface area contributed by atoms with Crippen molar-refractivity contribution >= 4 is 16.7 Å². The van der Waals surface area contributed by atoms with Crippen LogP contribution in [-0.4, -0.2) is 48.4 Å². The summed E-state index contributed by atoms with van der Waals surface area (Å²) in [7, 11) is 0.906. The second-order valence-electron chi connectivity index (χ2n) is 5.74. The number of carbonyl (C=O) groups excluding carboxylic acids is 1. The Morgan fingerprint density at radius 1 is 1.36 bits per heavy atom. The molecule has 3 heterocycles. The molecule has 0 saturated carbocycles. The van der Waals surface area contributed by atoms with Gasteiger partial charge in [0.25, 0.3) is 5.91 Å². The van der Waals surface area contributed by atoms with Gasteiger partial charge in [0.15, 0.2) is 0 Å². The van der Waals surface area contributed by atoms with E-state index in [9.17, 15) is 9.00 Å². The van der Waals surface area contributed by atoms with Gasteiger partial charge < -0.3 is 9.32 Å². The maximum atomic E-state index is 12.9. The van der Waals surface area contributed by atoms with Gasteiger partial charge in [-0.2, -0.15) is 5.10 Å². The first kappa shape index (κ1) is 15.0. The summed E-state index contributed by atoms with van der Waals surface area (Å²) in [6.07, 6.45) is 4.87. The zero-order valence-corrected chi connectivity index (χ0v) is 13.7. The topological polar surface area (TPSA) is 68.3 Å². The van der Waals surface area contributed by atoms with Crippen molar-refractivity contribution in [3.63, 3.8) is 0 Å². The second kappa shape index (κ2) is 5.72. The minimum Gasteiger partial charge on any atom is -0.472 e. The van der Waals surface area contributed by atoms with Crippen LogP contribution >= 0.6 is 0 Å². The molecule has 2 aromatic heterocycles. The number of carbonyl (C=O) groups is 1. The summed E-state index contributed by atoms with van der Waals surface area (Å²) in [5.74, 6) is -0.0697. The summed E-state index contributed by atoms with van der Waals surface area (Å²) in [6, 6.07) is 1.79. The molecule has 1 saturated heterocycles. The molecule has 3 rings (SSSR count). The summed E-state index contributed by atoms with van der Waals surface area (Å²) in [5, 5.41) is 4.35. The van der Waals surface area contributed by atoms with E-state index in [0.29, 0.717) is 24.3 Å². The smallest absolute Gasteiger partial charge is 0.257 e. The van der Waals surface area contributed by atoms with Gasteiger partial charge in [0.05, 0.1) is 18.1 Å². The molecule has 0 aliphatic carbocycles. The standard InChI is InChI=1S/C15H19N3O3S/c1-10-6-18(7-11(2)22(10)20)15(19)13-8-17(3)16-14(13)12-4-5-21-9-12/h4-5,8-11H,6-7H2,1-3H3. The second-order valence-corrected chi connectivity index (χ2v) is 8.00. The normalized spacial score (nSPS) is 25.4. The lowest BCUT2D eigenvalue weighted by atomic mass is 10.1. The molecule has 7 heteroatoms. The number of furan rings is 1. The SMILES string of the molecule is CC1CN(C(=O)c2cn(C)nc2-c2ccoc2)CC(C)S1=O. The Balaban J connectivity index is 1.92. The number of aryl methyl sites for hydroxylation is 1. The fraction of sp³-hybridized carbons (Fsp3) is 0.467. The van der Waals surface area contributed by atoms with E-state index in [1.54, 1.807) is 41.4 Å². The molecule has 1 fully saturated rings. The van der Waals surface area contributed by atoms with Gasteiger partial charge >= 0.3 is 0 Å². The van der Waals surface area contributed by atoms with Gasteiger partial charge in [-0.25, -0.2) is 0 Å². The molecule has 6 nitrogen and oxygen atoms in total. The summed E-state index contributed by atoms with van der Waals surface area (Å²) in [5.41, 5.74) is 1.95. The molecule has 1 aliphatic rings. The van der Waals surface area contributed by atoms with Gasteiger partial charge in [-0.1, -0.05) is 0 Å². The number of amides is 1. The van der Waals surface area contributed by atoms with Crippen LogP contribution in [0.25, 0.3) is 11.3 Å². The minimum absolute atomic E-state index is 0.0123. The maximum Gasteiger partial charge on any atom is 0.257 e. The third-order valence-electron chi connectivity index (χ3n) is 3.89. The number of hydrogen-bond acceptors (Lipinski definition) is 4. The van der Waals surface area contributed by atoms with Crippen molar-refractivity contribution in [3.8, 4) is 11.3 Å². The fourth-order valence-electron chi connectivity index (χ4n) is 2.83. The molecule has 0 bridgehead atoms. The molecule has 2 unspecified atom stereocenters. The lowest BCUT2D eigenvalue weighted by Gasteiger charge is -2.34. The first-order chi connectivity index (χ1) is 10.5. The third-order valence-corrected chi connectivity index (χ3v) is 5.77. The van der Waals surface area contributed by atoms with Crippen LogP contribution in [0.15, 0.2) is 29.2 Å². The summed E-state index contributed by atoms with van der Waals surface area (Å²) < 4.78 is 18.8. The predicted octanol–water partition coefficient (Wildman–Crippen LogP) is 1.66. The summed E-state index contributed by atoms with van der Waals surface area (Å²) in [6.45, 7) is 4.86. The van der Waals surface area contributed by atoms with Crippen LogP contribution in [0.4, 0.5) is 0 Å². The Morgan fingerprint density at radius 2 is 2.05 bits per heavy atom. The molecule has 0 radical (unpaired) electrons. The van der Waals surface area contributed by atoms with Crippen LogP contribution in [-0.2, 0) is 17.8 Å². The number of rotatable bonds is 2. The van der Waals surface area contributed by atoms with Crippen LogP contribution in [0.3, 0.4) is 0 Å². The van der Waals surface area contributed by atoms with Gasteiger partial charge in [-0.05, 0) is 19.9 Å². The molecule has 1 amide bonds. The van der Waals surface area contributed by atoms with E-state index in [1.165, 1.54) is 0 Å². The molecule has 22 heavy (non-hydrogen) atoms. The Morgan fingerprint density at radius 3 is 2.64 bits per heavy atom. The van der Waals surface area contributed by atoms with E-state index < -0.39 is 10.8 Å². The molecule has 2 aromatic rings. The Bertz CT molecular complexity index is 694. The molecule has 0 N–H and O–H groups in total. The van der Waals surface area contributed by atoms with Gasteiger partial charge in [0, 0.05) is 53.2 Å². The van der Waals surface area contributed by atoms with Crippen molar-refractivity contribution < 1.29 is 13.4 Å². The van der Waals surface area contributed by atoms with Gasteiger partial charge in [0.1, 0.15) is 5.69 Å². The molecular weight excluding hydrogens is 302 g/mol. The average molecular weight is 321 g/mol. The summed E-state index contributed by atoms with van der Waals surface area (Å²) >= 11 is 0. The van der Waals surface area contributed by atoms with E-state index >= 15 is 0 Å². The zero-order chi connectivity index (χ0) is 15.9. The Kier molecular flexibility index (Phi) is 3.90. The minimum atomic E-state index is -0.883. The Labute approximate surface area is 131 Å². The zero-order valence-electron chi connectivity index (χ0n) is 12.9. The highest BCUT2D eigenvalue weighted by atomic mass is 32.2. The van der Waals surface area contributed by atoms with Crippen LogP contribution in [0.2, 0.25) is 0 Å². The molecule has 0 spiro atoms. The lowest BCUT2D eigenvalue weighted by molar-refractivity contribution is 0.0752. The van der Waals surface area contributed by atoms with E-state index in [4.69, 9.17) is 4.42 Å². The highest BCUT2D eigenvalue weighted by Gasteiger charge is 2.33. The highest BCUT2D eigenvalue weighted by Crippen LogP contribution is 2.25. The van der Waals surface area contributed by atoms with Crippen molar-refractivity contribution in [3.05, 3.63) is 30.4 Å². The van der Waals surface area contributed by atoms with Crippen molar-refractivity contribution in [2.45, 2.75) is 24.3 Å². The first-order valence-corrected chi connectivity index (χ1v) is 8.50. The number of nitrogens with zero attached hydrogens (tertiary/aromatic N) is 3. The van der Waals surface area contributed by atoms with Gasteiger partial charge in [0.2, 0.25) is 0 Å². The van der Waals surface area contributed by atoms with E-state index in [0.717, 1.165) is 5.56 Å². The molecule has 1 aliphatic heterocycles. The highest BCUT2D eigenvalue weighted by molar-refractivity contribution is 7.86. The van der Waals surface area contributed by atoms with E-state index in [-0.39, 0.29) is 16.4 Å². The van der Waals surface area contributed by atoms with Crippen LogP contribution < -0.4 is 0 Å². The average Bonchev–Trinajstić information content (AvgIpc) is 3.12. The largest absolute Gasteiger partial charge is 0.472 e. The van der Waals surface area contributed by atoms with Gasteiger partial charge in [-0.15, -0.1) is 0 Å². The van der Waals surface area contributed by atoms with Crippen LogP contribution in [0.5, 0.6) is 0 Å². The number of hydrogen-bond donors (Lipinski definition) is 0. The van der Waals surface area contributed by atoms with Crippen molar-refractivity contribution in [2.24, 2.45) is 7.05 Å². The molecular formula is C15H19N3O3S. The van der Waals surface area contributed by atoms with Crippen molar-refractivity contribution in [1.29, 1.82) is 0 Å². The molecule has 2 atom stereocenters.